The van der Waals surface area contributed by atoms with Crippen LogP contribution in [0.3, 0.4) is 0 Å². The molecule has 0 aliphatic rings. The molecule has 1 aromatic heterocycles. The van der Waals surface area contributed by atoms with Crippen molar-refractivity contribution < 1.29 is 14.0 Å². The number of aromatic nitrogens is 1. The minimum atomic E-state index is -0.328. The molecule has 0 fully saturated rings. The lowest BCUT2D eigenvalue weighted by atomic mass is 10.1. The second-order valence-corrected chi connectivity index (χ2v) is 5.86. The molecule has 0 bridgehead atoms. The van der Waals surface area contributed by atoms with Gasteiger partial charge in [0.1, 0.15) is 12.4 Å². The molecular weight excluding hydrogens is 333 g/mol. The smallest absolute Gasteiger partial charge is 0.240 e. The van der Waals surface area contributed by atoms with Crippen molar-refractivity contribution in [3.8, 4) is 0 Å². The van der Waals surface area contributed by atoms with E-state index in [9.17, 15) is 14.0 Å². The summed E-state index contributed by atoms with van der Waals surface area (Å²) in [5.74, 6) is -0.885. The molecule has 26 heavy (non-hydrogen) atoms. The number of halogens is 1. The molecule has 5 nitrogen and oxygen atoms in total. The van der Waals surface area contributed by atoms with Crippen LogP contribution in [0, 0.1) is 5.82 Å². The zero-order chi connectivity index (χ0) is 18.5. The van der Waals surface area contributed by atoms with Gasteiger partial charge in [-0.05, 0) is 29.8 Å². The van der Waals surface area contributed by atoms with Gasteiger partial charge in [0.05, 0.1) is 11.2 Å². The molecule has 132 valence electrons. The molecule has 6 heteroatoms. The van der Waals surface area contributed by atoms with Crippen molar-refractivity contribution in [3.63, 3.8) is 0 Å². The molecule has 0 radical (unpaired) electrons. The summed E-state index contributed by atoms with van der Waals surface area (Å²) in [4.78, 5) is 30.2. The summed E-state index contributed by atoms with van der Waals surface area (Å²) in [6.07, 6.45) is 1.65. The van der Waals surface area contributed by atoms with E-state index < -0.39 is 0 Å². The number of nitrogens with one attached hydrogen (secondary N) is 1. The van der Waals surface area contributed by atoms with Crippen LogP contribution in [0.15, 0.2) is 60.8 Å². The normalized spacial score (nSPS) is 10.5. The summed E-state index contributed by atoms with van der Waals surface area (Å²) >= 11 is 0. The number of carbonyl (C=O) groups excluding carboxylic acids is 2. The summed E-state index contributed by atoms with van der Waals surface area (Å²) in [6, 6.07) is 15.1. The molecular formula is C20H18FN3O2. The molecule has 0 saturated heterocycles. The van der Waals surface area contributed by atoms with Crippen molar-refractivity contribution >= 4 is 28.4 Å². The van der Waals surface area contributed by atoms with Gasteiger partial charge in [-0.2, -0.15) is 0 Å². The summed E-state index contributed by atoms with van der Waals surface area (Å²) in [6.45, 7) is 1.56. The van der Waals surface area contributed by atoms with Gasteiger partial charge in [0.25, 0.3) is 0 Å². The van der Waals surface area contributed by atoms with Crippen LogP contribution in [0.4, 0.5) is 10.1 Å². The minimum Gasteiger partial charge on any atom is -0.350 e. The Balaban J connectivity index is 1.75. The lowest BCUT2D eigenvalue weighted by Gasteiger charge is -2.21. The molecule has 0 unspecified atom stereocenters. The Morgan fingerprint density at radius 3 is 2.54 bits per heavy atom. The van der Waals surface area contributed by atoms with E-state index in [0.29, 0.717) is 11.2 Å². The molecule has 0 saturated carbocycles. The first-order valence-corrected chi connectivity index (χ1v) is 8.17. The Morgan fingerprint density at radius 1 is 1.08 bits per heavy atom. The number of hydrogen-bond acceptors (Lipinski definition) is 3. The van der Waals surface area contributed by atoms with E-state index >= 15 is 0 Å². The van der Waals surface area contributed by atoms with Crippen molar-refractivity contribution in [3.05, 3.63) is 72.2 Å². The fourth-order valence-corrected chi connectivity index (χ4v) is 2.67. The fraction of sp³-hybridized carbons (Fsp3) is 0.150. The van der Waals surface area contributed by atoms with Crippen LogP contribution in [0.2, 0.25) is 0 Å². The lowest BCUT2D eigenvalue weighted by Crippen LogP contribution is -2.39. The monoisotopic (exact) mass is 351 g/mol. The van der Waals surface area contributed by atoms with E-state index in [0.717, 1.165) is 10.9 Å². The van der Waals surface area contributed by atoms with E-state index in [4.69, 9.17) is 0 Å². The molecule has 0 aliphatic heterocycles. The highest BCUT2D eigenvalue weighted by atomic mass is 19.1. The van der Waals surface area contributed by atoms with Gasteiger partial charge in [0.15, 0.2) is 0 Å². The van der Waals surface area contributed by atoms with Crippen molar-refractivity contribution in [1.82, 2.24) is 10.3 Å². The number of hydrogen-bond donors (Lipinski definition) is 1. The van der Waals surface area contributed by atoms with Gasteiger partial charge in [-0.25, -0.2) is 4.39 Å². The van der Waals surface area contributed by atoms with Gasteiger partial charge in [-0.1, -0.05) is 30.3 Å². The SMILES string of the molecule is CC(=O)N(CC(=O)NCc1ccc(F)cc1)c1cccc2cccnc12. The molecule has 0 aliphatic carbocycles. The van der Waals surface area contributed by atoms with Crippen LogP contribution < -0.4 is 10.2 Å². The molecule has 0 spiro atoms. The van der Waals surface area contributed by atoms with Crippen molar-refractivity contribution in [2.45, 2.75) is 13.5 Å². The van der Waals surface area contributed by atoms with Crippen LogP contribution in [0.1, 0.15) is 12.5 Å². The first-order chi connectivity index (χ1) is 12.5. The van der Waals surface area contributed by atoms with Crippen LogP contribution in [-0.4, -0.2) is 23.3 Å². The predicted octanol–water partition coefficient (Wildman–Crippen LogP) is 3.04. The van der Waals surface area contributed by atoms with Gasteiger partial charge in [-0.15, -0.1) is 0 Å². The third-order valence-electron chi connectivity index (χ3n) is 3.99. The lowest BCUT2D eigenvalue weighted by molar-refractivity contribution is -0.123. The first-order valence-electron chi connectivity index (χ1n) is 8.17. The Morgan fingerprint density at radius 2 is 1.81 bits per heavy atom. The average Bonchev–Trinajstić information content (AvgIpc) is 2.65. The molecule has 0 atom stereocenters. The van der Waals surface area contributed by atoms with Crippen LogP contribution in [-0.2, 0) is 16.1 Å². The van der Waals surface area contributed by atoms with Gasteiger partial charge < -0.3 is 10.2 Å². The fourth-order valence-electron chi connectivity index (χ4n) is 2.67. The Bertz CT molecular complexity index is 936. The standard InChI is InChI=1S/C20H18FN3O2/c1-14(25)24(18-6-2-4-16-5-3-11-22-20(16)18)13-19(26)23-12-15-7-9-17(21)10-8-15/h2-11H,12-13H2,1H3,(H,23,26). The number of benzene rings is 2. The van der Waals surface area contributed by atoms with E-state index in [1.807, 2.05) is 24.3 Å². The molecule has 2 aromatic carbocycles. The summed E-state index contributed by atoms with van der Waals surface area (Å²) in [5.41, 5.74) is 2.03. The van der Waals surface area contributed by atoms with Gasteiger partial charge in [-0.3, -0.25) is 14.6 Å². The number of carbonyl (C=O) groups is 2. The molecule has 2 amide bonds. The topological polar surface area (TPSA) is 62.3 Å². The number of pyridine rings is 1. The van der Waals surface area contributed by atoms with Gasteiger partial charge in [0, 0.05) is 25.1 Å². The van der Waals surface area contributed by atoms with Crippen molar-refractivity contribution in [2.75, 3.05) is 11.4 Å². The largest absolute Gasteiger partial charge is 0.350 e. The highest BCUT2D eigenvalue weighted by Crippen LogP contribution is 2.24. The van der Waals surface area contributed by atoms with Gasteiger partial charge >= 0.3 is 0 Å². The van der Waals surface area contributed by atoms with E-state index in [2.05, 4.69) is 10.3 Å². The first kappa shape index (κ1) is 17.5. The minimum absolute atomic E-state index is 0.119. The Labute approximate surface area is 150 Å². The van der Waals surface area contributed by atoms with Gasteiger partial charge in [0.2, 0.25) is 11.8 Å². The van der Waals surface area contributed by atoms with Crippen LogP contribution in [0.5, 0.6) is 0 Å². The van der Waals surface area contributed by atoms with E-state index in [1.54, 1.807) is 24.4 Å². The third-order valence-corrected chi connectivity index (χ3v) is 3.99. The van der Waals surface area contributed by atoms with Crippen molar-refractivity contribution in [1.29, 1.82) is 0 Å². The highest BCUT2D eigenvalue weighted by molar-refractivity contribution is 6.04. The van der Waals surface area contributed by atoms with E-state index in [-0.39, 0.29) is 30.7 Å². The number of para-hydroxylation sites is 1. The number of amides is 2. The number of anilines is 1. The molecule has 1 heterocycles. The maximum Gasteiger partial charge on any atom is 0.240 e. The number of nitrogens with zero attached hydrogens (tertiary/aromatic N) is 2. The summed E-state index contributed by atoms with van der Waals surface area (Å²) in [5, 5.41) is 3.64. The quantitative estimate of drug-likeness (QED) is 0.768. The average molecular weight is 351 g/mol. The zero-order valence-electron chi connectivity index (χ0n) is 14.3. The van der Waals surface area contributed by atoms with E-state index in [1.165, 1.54) is 24.0 Å². The third kappa shape index (κ3) is 4.03. The maximum absolute atomic E-state index is 12.9. The van der Waals surface area contributed by atoms with Crippen LogP contribution in [0.25, 0.3) is 10.9 Å². The second kappa shape index (κ2) is 7.74. The molecule has 3 aromatic rings. The molecule has 1 N–H and O–H groups in total. The summed E-state index contributed by atoms with van der Waals surface area (Å²) < 4.78 is 12.9. The summed E-state index contributed by atoms with van der Waals surface area (Å²) in [7, 11) is 0. The Hall–Kier alpha value is -3.28. The number of fused-ring (bicyclic) bond motifs is 1. The predicted molar refractivity (Wildman–Crippen MR) is 98.0 cm³/mol. The van der Waals surface area contributed by atoms with Crippen molar-refractivity contribution in [2.24, 2.45) is 0 Å². The number of rotatable bonds is 5. The Kier molecular flexibility index (Phi) is 5.22. The zero-order valence-corrected chi connectivity index (χ0v) is 14.3. The highest BCUT2D eigenvalue weighted by Gasteiger charge is 2.18. The van der Waals surface area contributed by atoms with Crippen LogP contribution >= 0.6 is 0 Å². The molecule has 3 rings (SSSR count). The maximum atomic E-state index is 12.9. The second-order valence-electron chi connectivity index (χ2n) is 5.86.